The van der Waals surface area contributed by atoms with Crippen LogP contribution in [0.1, 0.15) is 0 Å². The third kappa shape index (κ3) is 47100. The van der Waals surface area contributed by atoms with Gasteiger partial charge in [-0.05, 0) is 0 Å². The van der Waals surface area contributed by atoms with Gasteiger partial charge in [-0.2, -0.15) is 0 Å². The number of nitrogens with zero attached hydrogens (tertiary/aromatic N) is 1. The van der Waals surface area contributed by atoms with E-state index in [0.29, 0.717) is 0 Å². The maximum atomic E-state index is 8.88. The van der Waals surface area contributed by atoms with Gasteiger partial charge in [-0.3, -0.25) is 0 Å². The van der Waals surface area contributed by atoms with E-state index in [1.54, 1.807) is 0 Å². The van der Waals surface area contributed by atoms with Crippen LogP contribution in [0, 0.1) is 0 Å². The summed E-state index contributed by atoms with van der Waals surface area (Å²) in [6.07, 6.45) is -2.08. The van der Waals surface area contributed by atoms with E-state index in [1.165, 1.54) is 0 Å². The molecular weight excluding hydrogens is 407 g/mol. The Morgan fingerprint density at radius 1 is 0.667 bits per heavy atom. The highest BCUT2D eigenvalue weighted by Gasteiger charge is 2.01. The number of carbonyl (C=O) groups is 1. The molecule has 0 aromatic heterocycles. The highest BCUT2D eigenvalue weighted by molar-refractivity contribution is 7.45. The minimum absolute atomic E-state index is 1.00. The second-order valence-electron chi connectivity index (χ2n) is 4.49. The monoisotopic (exact) mass is 429 g/mol. The zero-order valence-corrected chi connectivity index (χ0v) is 15.5. The van der Waals surface area contributed by atoms with Gasteiger partial charge in [-0.1, -0.05) is 0 Å². The summed E-state index contributed by atoms with van der Waals surface area (Å²) in [5, 5.41) is 15.3. The Balaban J connectivity index is -0.0000000628. The van der Waals surface area contributed by atoms with Crippen LogP contribution in [-0.4, -0.2) is 88.0 Å². The zero-order valence-electron chi connectivity index (χ0n) is 12.8. The molecule has 0 unspecified atom stereocenters. The van der Waals surface area contributed by atoms with Crippen LogP contribution in [0.2, 0.25) is 0 Å². The minimum Gasteiger partial charge on any atom is -0.565 e. The highest BCUT2D eigenvalue weighted by atomic mass is 31.2. The lowest BCUT2D eigenvalue weighted by Crippen LogP contribution is -2.27. The van der Waals surface area contributed by atoms with E-state index in [1.807, 2.05) is 0 Å². The molecule has 152 valence electrons. The van der Waals surface area contributed by atoms with Crippen molar-refractivity contribution in [2.75, 3.05) is 28.2 Å². The van der Waals surface area contributed by atoms with Gasteiger partial charge in [0.25, 0.3) is 0 Å². The summed E-state index contributed by atoms with van der Waals surface area (Å²) in [5.41, 5.74) is 0. The summed E-state index contributed by atoms with van der Waals surface area (Å²) < 4.78 is 27.6. The van der Waals surface area contributed by atoms with Crippen LogP contribution >= 0.6 is 23.5 Å². The fourth-order valence-electron chi connectivity index (χ4n) is 0. The Bertz CT molecular complexity index is 356. The molecule has 19 heteroatoms. The smallest absolute Gasteiger partial charge is 0.466 e. The molecule has 16 nitrogen and oxygen atoms in total. The van der Waals surface area contributed by atoms with Crippen molar-refractivity contribution in [1.29, 1.82) is 0 Å². The molecule has 0 aliphatic rings. The lowest BCUT2D eigenvalue weighted by atomic mass is 10.8. The van der Waals surface area contributed by atoms with Crippen LogP contribution in [0.5, 0.6) is 0 Å². The summed E-state index contributed by atoms with van der Waals surface area (Å²) in [6.45, 7) is 0. The summed E-state index contributed by atoms with van der Waals surface area (Å²) in [5.74, 6) is 0. The third-order valence-electron chi connectivity index (χ3n) is 0. The van der Waals surface area contributed by atoms with Crippen LogP contribution in [0.15, 0.2) is 0 Å². The van der Waals surface area contributed by atoms with Gasteiger partial charge in [0.2, 0.25) is 6.16 Å². The van der Waals surface area contributed by atoms with Crippen LogP contribution < -0.4 is 5.11 Å². The summed E-state index contributed by atoms with van der Waals surface area (Å²) in [4.78, 5) is 73.1. The van der Waals surface area contributed by atoms with Crippen molar-refractivity contribution < 1.29 is 77.2 Å². The third-order valence-corrected chi connectivity index (χ3v) is 0. The van der Waals surface area contributed by atoms with Crippen LogP contribution in [0.3, 0.4) is 0 Å². The first-order valence-corrected chi connectivity index (χ1v) is 9.46. The maximum Gasteiger partial charge on any atom is 0.466 e. The molecule has 0 aromatic carbocycles. The Morgan fingerprint density at radius 2 is 0.667 bits per heavy atom. The number of quaternary nitrogens is 1. The average molecular weight is 429 g/mol. The van der Waals surface area contributed by atoms with Crippen molar-refractivity contribution in [2.24, 2.45) is 0 Å². The van der Waals surface area contributed by atoms with Crippen LogP contribution in [0.25, 0.3) is 0 Å². The number of phosphoric acid groups is 3. The molecule has 0 bridgehead atoms. The molecule has 10 N–H and O–H groups in total. The van der Waals surface area contributed by atoms with E-state index in [-0.39, 0.29) is 0 Å². The number of carboxylic acid groups (broad SMARTS) is 2. The second kappa shape index (κ2) is 14.9. The molecule has 0 heterocycles. The lowest BCUT2D eigenvalue weighted by Gasteiger charge is -2.14. The predicted octanol–water partition coefficient (Wildman–Crippen LogP) is -3.58. The molecule has 24 heavy (non-hydrogen) atoms. The molecule has 0 atom stereocenters. The van der Waals surface area contributed by atoms with E-state index < -0.39 is 29.6 Å². The van der Waals surface area contributed by atoms with E-state index in [2.05, 4.69) is 28.2 Å². The fraction of sp³-hybridized carbons (Fsp3) is 0.800. The second-order valence-corrected chi connectivity index (χ2v) is 7.57. The predicted molar refractivity (Wildman–Crippen MR) is 74.8 cm³/mol. The molecular formula is C5H22NO15P3. The molecule has 0 fully saturated rings. The molecule has 0 aliphatic heterocycles. The van der Waals surface area contributed by atoms with Gasteiger partial charge in [0.15, 0.2) is 0 Å². The maximum absolute atomic E-state index is 8.88. The van der Waals surface area contributed by atoms with Gasteiger partial charge < -0.3 is 63.5 Å². The number of hydrogen-bond donors (Lipinski definition) is 10. The molecule has 0 aliphatic carbocycles. The van der Waals surface area contributed by atoms with Gasteiger partial charge in [0, 0.05) is 0 Å². The molecule has 0 rings (SSSR count). The van der Waals surface area contributed by atoms with Gasteiger partial charge in [0.1, 0.15) is 0 Å². The normalized spacial score (nSPS) is 10.9. The van der Waals surface area contributed by atoms with E-state index in [0.717, 1.165) is 4.48 Å². The average Bonchev–Trinajstić information content (AvgIpc) is 1.82. The Hall–Kier alpha value is -0.440. The van der Waals surface area contributed by atoms with E-state index in [9.17, 15) is 0 Å². The quantitative estimate of drug-likeness (QED) is 0.131. The van der Waals surface area contributed by atoms with Crippen molar-refractivity contribution in [1.82, 2.24) is 0 Å². The topological polar surface area (TPSA) is 294 Å². The highest BCUT2D eigenvalue weighted by Crippen LogP contribution is 2.26. The molecule has 0 radical (unpaired) electrons. The van der Waals surface area contributed by atoms with Crippen molar-refractivity contribution in [3.8, 4) is 0 Å². The van der Waals surface area contributed by atoms with Crippen LogP contribution in [0.4, 0.5) is 4.79 Å². The first kappa shape index (κ1) is 34.8. The fourth-order valence-corrected chi connectivity index (χ4v) is 0. The molecule has 0 spiro atoms. The summed E-state index contributed by atoms with van der Waals surface area (Å²) in [6, 6.07) is 0. The van der Waals surface area contributed by atoms with Crippen molar-refractivity contribution in [2.45, 2.75) is 0 Å². The molecule has 0 saturated carbocycles. The van der Waals surface area contributed by atoms with Crippen molar-refractivity contribution >= 4 is 29.6 Å². The number of hydrogen-bond acceptors (Lipinski definition) is 5. The molecule has 0 saturated heterocycles. The summed E-state index contributed by atoms with van der Waals surface area (Å²) >= 11 is 0. The SMILES string of the molecule is C[N+](C)(C)C.O=C([O-])O.O=P(O)(O)O.O=P(O)(O)O.O=P(O)(O)O. The first-order chi connectivity index (χ1) is 9.73. The summed E-state index contributed by atoms with van der Waals surface area (Å²) in [7, 11) is -5.42. The Kier molecular flexibility index (Phi) is 21.6. The lowest BCUT2D eigenvalue weighted by molar-refractivity contribution is -0.849. The minimum atomic E-state index is -4.64. The molecule has 0 aromatic rings. The standard InChI is InChI=1S/C4H12N.CH2O3.3H3O4P/c1-5(2,3)4;2-1(3)4;3*1-5(2,3)4/h1-4H3;(H2,2,3,4);3*(H3,1,2,3,4)/q+1;;;;/p-1. The van der Waals surface area contributed by atoms with E-state index in [4.69, 9.17) is 72.7 Å². The van der Waals surface area contributed by atoms with Gasteiger partial charge in [-0.25, -0.2) is 13.7 Å². The van der Waals surface area contributed by atoms with Crippen molar-refractivity contribution in [3.63, 3.8) is 0 Å². The number of rotatable bonds is 0. The van der Waals surface area contributed by atoms with Crippen LogP contribution in [-0.2, 0) is 13.7 Å². The first-order valence-electron chi connectivity index (χ1n) is 4.77. The zero-order chi connectivity index (χ0) is 21.6. The molecule has 0 amide bonds. The van der Waals surface area contributed by atoms with Gasteiger partial charge >= 0.3 is 23.5 Å². The largest absolute Gasteiger partial charge is 0.565 e. The van der Waals surface area contributed by atoms with Gasteiger partial charge in [0.05, 0.1) is 28.2 Å². The van der Waals surface area contributed by atoms with Gasteiger partial charge in [-0.15, -0.1) is 0 Å². The van der Waals surface area contributed by atoms with E-state index >= 15 is 0 Å². The van der Waals surface area contributed by atoms with Crippen molar-refractivity contribution in [3.05, 3.63) is 0 Å². The Labute approximate surface area is 136 Å². The Morgan fingerprint density at radius 3 is 0.667 bits per heavy atom.